The average Bonchev–Trinajstić information content (AvgIpc) is 2.86. The van der Waals surface area contributed by atoms with E-state index in [2.05, 4.69) is 25.0 Å². The van der Waals surface area contributed by atoms with Gasteiger partial charge in [0, 0.05) is 19.3 Å². The summed E-state index contributed by atoms with van der Waals surface area (Å²) >= 11 is 0. The summed E-state index contributed by atoms with van der Waals surface area (Å²) in [6.07, 6.45) is 4.00. The first kappa shape index (κ1) is 12.1. The Balaban J connectivity index is 1.78. The Morgan fingerprint density at radius 3 is 2.89 bits per heavy atom. The van der Waals surface area contributed by atoms with Gasteiger partial charge in [0.15, 0.2) is 5.82 Å². The second kappa shape index (κ2) is 4.95. The zero-order valence-corrected chi connectivity index (χ0v) is 11.2. The zero-order valence-electron chi connectivity index (χ0n) is 11.2. The molecule has 0 aliphatic carbocycles. The van der Waals surface area contributed by atoms with Crippen molar-refractivity contribution in [1.82, 2.24) is 20.1 Å². The lowest BCUT2D eigenvalue weighted by atomic mass is 9.98. The topological polar surface area (TPSA) is 67.9 Å². The molecular weight excluding hydrogens is 242 g/mol. The molecule has 0 spiro atoms. The summed E-state index contributed by atoms with van der Waals surface area (Å²) in [5.41, 5.74) is 0. The van der Waals surface area contributed by atoms with E-state index in [0.717, 1.165) is 43.5 Å². The minimum absolute atomic E-state index is 0.297. The van der Waals surface area contributed by atoms with Gasteiger partial charge >= 0.3 is 0 Å². The third kappa shape index (κ3) is 2.57. The maximum atomic E-state index is 5.29. The summed E-state index contributed by atoms with van der Waals surface area (Å²) in [7, 11) is 0. The molecule has 0 unspecified atom stereocenters. The molecule has 1 saturated heterocycles. The number of hydrogen-bond donors (Lipinski definition) is 0. The largest absolute Gasteiger partial charge is 0.356 e. The van der Waals surface area contributed by atoms with Crippen LogP contribution in [0.2, 0.25) is 0 Å². The number of rotatable bonds is 2. The normalized spacial score (nSPS) is 19.7. The van der Waals surface area contributed by atoms with Crippen LogP contribution in [0.3, 0.4) is 0 Å². The van der Waals surface area contributed by atoms with Gasteiger partial charge in [-0.15, -0.1) is 0 Å². The van der Waals surface area contributed by atoms with Crippen LogP contribution in [0.25, 0.3) is 0 Å². The molecule has 1 fully saturated rings. The van der Waals surface area contributed by atoms with Crippen molar-refractivity contribution in [2.75, 3.05) is 18.0 Å². The summed E-state index contributed by atoms with van der Waals surface area (Å²) < 4.78 is 5.29. The maximum absolute atomic E-state index is 5.29. The van der Waals surface area contributed by atoms with Crippen LogP contribution in [0.5, 0.6) is 0 Å². The molecule has 3 rings (SSSR count). The van der Waals surface area contributed by atoms with Crippen LogP contribution in [0.4, 0.5) is 5.82 Å². The fourth-order valence-electron chi connectivity index (χ4n) is 2.49. The van der Waals surface area contributed by atoms with Crippen molar-refractivity contribution in [3.8, 4) is 0 Å². The van der Waals surface area contributed by atoms with E-state index in [4.69, 9.17) is 4.52 Å². The van der Waals surface area contributed by atoms with E-state index in [1.807, 2.05) is 19.9 Å². The van der Waals surface area contributed by atoms with Crippen LogP contribution in [0, 0.1) is 13.8 Å². The Morgan fingerprint density at radius 2 is 2.16 bits per heavy atom. The van der Waals surface area contributed by atoms with Crippen LogP contribution in [0.1, 0.15) is 36.3 Å². The lowest BCUT2D eigenvalue weighted by Crippen LogP contribution is -2.35. The Hall–Kier alpha value is -1.98. The third-order valence-electron chi connectivity index (χ3n) is 3.40. The number of anilines is 1. The van der Waals surface area contributed by atoms with Crippen LogP contribution in [-0.4, -0.2) is 33.2 Å². The van der Waals surface area contributed by atoms with Crippen molar-refractivity contribution in [2.24, 2.45) is 0 Å². The smallest absolute Gasteiger partial charge is 0.231 e. The lowest BCUT2D eigenvalue weighted by Gasteiger charge is -2.31. The molecule has 1 aliphatic heterocycles. The van der Waals surface area contributed by atoms with Gasteiger partial charge in [0.1, 0.15) is 11.6 Å². The molecule has 2 aromatic heterocycles. The summed E-state index contributed by atoms with van der Waals surface area (Å²) in [5.74, 6) is 3.52. The standard InChI is InChI=1S/C13H17N5O/c1-9-14-6-5-12(15-9)18-7-3-4-11(8-18)13-16-10(2)17-19-13/h5-6,11H,3-4,7-8H2,1-2H3/t11-/m0/s1. The Labute approximate surface area is 111 Å². The molecule has 0 saturated carbocycles. The second-order valence-electron chi connectivity index (χ2n) is 4.93. The summed E-state index contributed by atoms with van der Waals surface area (Å²) in [5, 5.41) is 3.87. The number of aromatic nitrogens is 4. The van der Waals surface area contributed by atoms with E-state index in [1.54, 1.807) is 6.20 Å². The van der Waals surface area contributed by atoms with Crippen molar-refractivity contribution in [3.05, 3.63) is 29.8 Å². The highest BCUT2D eigenvalue weighted by atomic mass is 16.5. The van der Waals surface area contributed by atoms with Crippen LogP contribution in [0.15, 0.2) is 16.8 Å². The number of aryl methyl sites for hydroxylation is 2. The zero-order chi connectivity index (χ0) is 13.2. The van der Waals surface area contributed by atoms with Crippen molar-refractivity contribution >= 4 is 5.82 Å². The summed E-state index contributed by atoms with van der Waals surface area (Å²) in [6.45, 7) is 5.64. The second-order valence-corrected chi connectivity index (χ2v) is 4.93. The van der Waals surface area contributed by atoms with E-state index in [-0.39, 0.29) is 0 Å². The van der Waals surface area contributed by atoms with Gasteiger partial charge in [-0.3, -0.25) is 0 Å². The van der Waals surface area contributed by atoms with Crippen LogP contribution >= 0.6 is 0 Å². The van der Waals surface area contributed by atoms with Gasteiger partial charge in [0.2, 0.25) is 5.89 Å². The van der Waals surface area contributed by atoms with Crippen molar-refractivity contribution in [1.29, 1.82) is 0 Å². The van der Waals surface area contributed by atoms with Crippen molar-refractivity contribution in [2.45, 2.75) is 32.6 Å². The van der Waals surface area contributed by atoms with E-state index in [0.29, 0.717) is 11.7 Å². The van der Waals surface area contributed by atoms with Gasteiger partial charge < -0.3 is 9.42 Å². The molecule has 19 heavy (non-hydrogen) atoms. The molecule has 0 aromatic carbocycles. The van der Waals surface area contributed by atoms with Gasteiger partial charge in [-0.25, -0.2) is 9.97 Å². The molecule has 3 heterocycles. The molecule has 100 valence electrons. The maximum Gasteiger partial charge on any atom is 0.231 e. The third-order valence-corrected chi connectivity index (χ3v) is 3.40. The SMILES string of the molecule is Cc1nccc(N2CCC[C@H](c3nc(C)no3)C2)n1. The van der Waals surface area contributed by atoms with Gasteiger partial charge in [0.05, 0.1) is 5.92 Å². The monoisotopic (exact) mass is 259 g/mol. The molecule has 0 amide bonds. The number of nitrogens with zero attached hydrogens (tertiary/aromatic N) is 5. The highest BCUT2D eigenvalue weighted by Gasteiger charge is 2.26. The Bertz CT molecular complexity index is 568. The molecule has 1 aliphatic rings. The van der Waals surface area contributed by atoms with Gasteiger partial charge in [-0.1, -0.05) is 5.16 Å². The Morgan fingerprint density at radius 1 is 1.26 bits per heavy atom. The molecule has 0 radical (unpaired) electrons. The fourth-order valence-corrected chi connectivity index (χ4v) is 2.49. The summed E-state index contributed by atoms with van der Waals surface area (Å²) in [6, 6.07) is 1.95. The van der Waals surface area contributed by atoms with Crippen LogP contribution in [-0.2, 0) is 0 Å². The molecular formula is C13H17N5O. The number of hydrogen-bond acceptors (Lipinski definition) is 6. The van der Waals surface area contributed by atoms with E-state index in [1.165, 1.54) is 0 Å². The first-order valence-electron chi connectivity index (χ1n) is 6.57. The molecule has 0 N–H and O–H groups in total. The predicted molar refractivity (Wildman–Crippen MR) is 70.0 cm³/mol. The molecule has 6 nitrogen and oxygen atoms in total. The molecule has 1 atom stereocenters. The molecule has 0 bridgehead atoms. The molecule has 2 aromatic rings. The van der Waals surface area contributed by atoms with Gasteiger partial charge in [-0.05, 0) is 32.8 Å². The van der Waals surface area contributed by atoms with Gasteiger partial charge in [0.25, 0.3) is 0 Å². The fraction of sp³-hybridized carbons (Fsp3) is 0.538. The Kier molecular flexibility index (Phi) is 3.15. The predicted octanol–water partition coefficient (Wildman–Crippen LogP) is 1.86. The van der Waals surface area contributed by atoms with Gasteiger partial charge in [-0.2, -0.15) is 4.98 Å². The highest BCUT2D eigenvalue weighted by molar-refractivity contribution is 5.38. The highest BCUT2D eigenvalue weighted by Crippen LogP contribution is 2.28. The minimum Gasteiger partial charge on any atom is -0.356 e. The lowest BCUT2D eigenvalue weighted by molar-refractivity contribution is 0.331. The van der Waals surface area contributed by atoms with Crippen LogP contribution < -0.4 is 4.90 Å². The minimum atomic E-state index is 0.297. The first-order chi connectivity index (χ1) is 9.22. The number of piperidine rings is 1. The molecule has 6 heteroatoms. The average molecular weight is 259 g/mol. The van der Waals surface area contributed by atoms with Crippen molar-refractivity contribution in [3.63, 3.8) is 0 Å². The van der Waals surface area contributed by atoms with Crippen molar-refractivity contribution < 1.29 is 4.52 Å². The van der Waals surface area contributed by atoms with E-state index < -0.39 is 0 Å². The first-order valence-corrected chi connectivity index (χ1v) is 6.57. The van der Waals surface area contributed by atoms with E-state index in [9.17, 15) is 0 Å². The van der Waals surface area contributed by atoms with E-state index >= 15 is 0 Å². The quantitative estimate of drug-likeness (QED) is 0.820. The summed E-state index contributed by atoms with van der Waals surface area (Å²) in [4.78, 5) is 15.2.